The number of aryl methyl sites for hydroxylation is 1. The van der Waals surface area contributed by atoms with Crippen molar-refractivity contribution in [2.45, 2.75) is 58.2 Å². The Hall–Kier alpha value is -1.52. The number of amides is 2. The highest BCUT2D eigenvalue weighted by atomic mass is 16.2. The second kappa shape index (κ2) is 6.42. The maximum absolute atomic E-state index is 11.8. The van der Waals surface area contributed by atoms with Crippen LogP contribution in [0.4, 0.5) is 4.79 Å². The smallest absolute Gasteiger partial charge is 0.315 e. The van der Waals surface area contributed by atoms with Crippen molar-refractivity contribution in [2.75, 3.05) is 0 Å². The van der Waals surface area contributed by atoms with E-state index < -0.39 is 0 Å². The van der Waals surface area contributed by atoms with E-state index in [0.717, 1.165) is 25.1 Å². The van der Waals surface area contributed by atoms with Crippen molar-refractivity contribution in [2.24, 2.45) is 0 Å². The lowest BCUT2D eigenvalue weighted by Gasteiger charge is -2.22. The summed E-state index contributed by atoms with van der Waals surface area (Å²) < 4.78 is 1.89. The molecule has 0 atom stereocenters. The first-order valence-corrected chi connectivity index (χ1v) is 6.84. The van der Waals surface area contributed by atoms with E-state index in [9.17, 15) is 4.79 Å². The summed E-state index contributed by atoms with van der Waals surface area (Å²) >= 11 is 0. The van der Waals surface area contributed by atoms with Crippen molar-refractivity contribution < 1.29 is 4.79 Å². The average molecular weight is 250 g/mol. The number of nitrogens with zero attached hydrogens (tertiary/aromatic N) is 2. The highest BCUT2D eigenvalue weighted by Gasteiger charge is 2.15. The van der Waals surface area contributed by atoms with Gasteiger partial charge < -0.3 is 10.6 Å². The molecule has 0 aliphatic heterocycles. The van der Waals surface area contributed by atoms with Gasteiger partial charge in [0.2, 0.25) is 0 Å². The van der Waals surface area contributed by atoms with E-state index in [1.54, 1.807) is 6.20 Å². The minimum absolute atomic E-state index is 0.0641. The molecule has 2 N–H and O–H groups in total. The molecule has 0 bridgehead atoms. The molecule has 1 fully saturated rings. The molecule has 1 aliphatic carbocycles. The first kappa shape index (κ1) is 12.9. The molecule has 0 spiro atoms. The molecule has 0 saturated heterocycles. The molecule has 100 valence electrons. The number of urea groups is 1. The van der Waals surface area contributed by atoms with Gasteiger partial charge in [-0.25, -0.2) is 4.79 Å². The molecule has 1 saturated carbocycles. The molecular formula is C13H22N4O. The largest absolute Gasteiger partial charge is 0.335 e. The van der Waals surface area contributed by atoms with Crippen molar-refractivity contribution in [1.29, 1.82) is 0 Å². The van der Waals surface area contributed by atoms with Gasteiger partial charge in [-0.15, -0.1) is 0 Å². The second-order valence-corrected chi connectivity index (χ2v) is 4.80. The highest BCUT2D eigenvalue weighted by molar-refractivity contribution is 5.74. The Bertz CT molecular complexity index is 382. The van der Waals surface area contributed by atoms with Gasteiger partial charge in [0.15, 0.2) is 0 Å². The van der Waals surface area contributed by atoms with Gasteiger partial charge in [-0.2, -0.15) is 5.10 Å². The minimum Gasteiger partial charge on any atom is -0.335 e. The van der Waals surface area contributed by atoms with Gasteiger partial charge >= 0.3 is 6.03 Å². The van der Waals surface area contributed by atoms with Gasteiger partial charge in [-0.1, -0.05) is 19.3 Å². The number of nitrogens with one attached hydrogen (secondary N) is 2. The van der Waals surface area contributed by atoms with E-state index in [1.165, 1.54) is 19.3 Å². The summed E-state index contributed by atoms with van der Waals surface area (Å²) in [6.45, 7) is 3.40. The third-order valence-corrected chi connectivity index (χ3v) is 3.47. The van der Waals surface area contributed by atoms with Gasteiger partial charge in [0, 0.05) is 18.8 Å². The minimum atomic E-state index is -0.0641. The highest BCUT2D eigenvalue weighted by Crippen LogP contribution is 2.17. The molecule has 1 aromatic heterocycles. The van der Waals surface area contributed by atoms with Crippen molar-refractivity contribution in [3.05, 3.63) is 18.0 Å². The fourth-order valence-corrected chi connectivity index (χ4v) is 2.45. The van der Waals surface area contributed by atoms with Crippen LogP contribution in [0.3, 0.4) is 0 Å². The molecular weight excluding hydrogens is 228 g/mol. The van der Waals surface area contributed by atoms with Crippen LogP contribution < -0.4 is 10.6 Å². The predicted octanol–water partition coefficient (Wildman–Crippen LogP) is 2.03. The summed E-state index contributed by atoms with van der Waals surface area (Å²) in [6.07, 6.45) is 7.75. The Balaban J connectivity index is 1.74. The van der Waals surface area contributed by atoms with Crippen molar-refractivity contribution >= 4 is 6.03 Å². The third kappa shape index (κ3) is 3.48. The SMILES string of the molecule is CCn1nccc1CNC(=O)NC1CCCCC1. The van der Waals surface area contributed by atoms with Gasteiger partial charge in [-0.3, -0.25) is 4.68 Å². The molecule has 1 aromatic rings. The lowest BCUT2D eigenvalue weighted by molar-refractivity contribution is 0.232. The van der Waals surface area contributed by atoms with E-state index in [1.807, 2.05) is 17.7 Å². The molecule has 1 aliphatic rings. The van der Waals surface area contributed by atoms with Crippen LogP contribution in [-0.4, -0.2) is 21.9 Å². The van der Waals surface area contributed by atoms with Crippen molar-refractivity contribution in [3.63, 3.8) is 0 Å². The number of carbonyl (C=O) groups excluding carboxylic acids is 1. The van der Waals surface area contributed by atoms with Crippen molar-refractivity contribution in [1.82, 2.24) is 20.4 Å². The molecule has 2 amide bonds. The van der Waals surface area contributed by atoms with Crippen LogP contribution in [0.2, 0.25) is 0 Å². The van der Waals surface area contributed by atoms with Crippen LogP contribution in [0.15, 0.2) is 12.3 Å². The van der Waals surface area contributed by atoms with E-state index in [-0.39, 0.29) is 6.03 Å². The molecule has 0 aromatic carbocycles. The Kier molecular flexibility index (Phi) is 4.61. The van der Waals surface area contributed by atoms with E-state index in [2.05, 4.69) is 15.7 Å². The molecule has 5 nitrogen and oxygen atoms in total. The van der Waals surface area contributed by atoms with Crippen molar-refractivity contribution in [3.8, 4) is 0 Å². The molecule has 5 heteroatoms. The molecule has 1 heterocycles. The fourth-order valence-electron chi connectivity index (χ4n) is 2.45. The summed E-state index contributed by atoms with van der Waals surface area (Å²) in [5.41, 5.74) is 1.04. The van der Waals surface area contributed by atoms with Gasteiger partial charge in [0.25, 0.3) is 0 Å². The zero-order valence-electron chi connectivity index (χ0n) is 11.0. The monoisotopic (exact) mass is 250 g/mol. The Labute approximate surface area is 108 Å². The zero-order chi connectivity index (χ0) is 12.8. The van der Waals surface area contributed by atoms with Gasteiger partial charge in [0.1, 0.15) is 0 Å². The number of aromatic nitrogens is 2. The van der Waals surface area contributed by atoms with Gasteiger partial charge in [-0.05, 0) is 25.8 Å². The number of hydrogen-bond acceptors (Lipinski definition) is 2. The van der Waals surface area contributed by atoms with Crippen LogP contribution in [0, 0.1) is 0 Å². The number of rotatable bonds is 4. The van der Waals surface area contributed by atoms with Crippen LogP contribution >= 0.6 is 0 Å². The second-order valence-electron chi connectivity index (χ2n) is 4.80. The standard InChI is InChI=1S/C13H22N4O/c1-2-17-12(8-9-15-17)10-14-13(18)16-11-6-4-3-5-7-11/h8-9,11H,2-7,10H2,1H3,(H2,14,16,18). The first-order chi connectivity index (χ1) is 8.79. The zero-order valence-corrected chi connectivity index (χ0v) is 11.0. The predicted molar refractivity (Wildman–Crippen MR) is 70.1 cm³/mol. The Morgan fingerprint density at radius 2 is 2.22 bits per heavy atom. The van der Waals surface area contributed by atoms with E-state index >= 15 is 0 Å². The quantitative estimate of drug-likeness (QED) is 0.859. The summed E-state index contributed by atoms with van der Waals surface area (Å²) in [6, 6.07) is 2.23. The summed E-state index contributed by atoms with van der Waals surface area (Å²) in [5.74, 6) is 0. The fraction of sp³-hybridized carbons (Fsp3) is 0.692. The normalized spacial score (nSPS) is 16.5. The van der Waals surface area contributed by atoms with Crippen LogP contribution in [0.1, 0.15) is 44.7 Å². The van der Waals surface area contributed by atoms with Crippen LogP contribution in [-0.2, 0) is 13.1 Å². The van der Waals surface area contributed by atoms with Gasteiger partial charge in [0.05, 0.1) is 12.2 Å². The summed E-state index contributed by atoms with van der Waals surface area (Å²) in [5, 5.41) is 10.1. The maximum atomic E-state index is 11.8. The third-order valence-electron chi connectivity index (χ3n) is 3.47. The van der Waals surface area contributed by atoms with E-state index in [0.29, 0.717) is 12.6 Å². The Morgan fingerprint density at radius 1 is 1.44 bits per heavy atom. The molecule has 2 rings (SSSR count). The summed E-state index contributed by atoms with van der Waals surface area (Å²) in [7, 11) is 0. The maximum Gasteiger partial charge on any atom is 0.315 e. The number of hydrogen-bond donors (Lipinski definition) is 2. The topological polar surface area (TPSA) is 59.0 Å². The van der Waals surface area contributed by atoms with E-state index in [4.69, 9.17) is 0 Å². The number of carbonyl (C=O) groups is 1. The molecule has 18 heavy (non-hydrogen) atoms. The molecule has 0 radical (unpaired) electrons. The molecule has 0 unspecified atom stereocenters. The lowest BCUT2D eigenvalue weighted by Crippen LogP contribution is -2.42. The summed E-state index contributed by atoms with van der Waals surface area (Å²) in [4.78, 5) is 11.8. The Morgan fingerprint density at radius 3 is 2.94 bits per heavy atom. The average Bonchev–Trinajstić information content (AvgIpc) is 2.85. The van der Waals surface area contributed by atoms with Crippen LogP contribution in [0.5, 0.6) is 0 Å². The first-order valence-electron chi connectivity index (χ1n) is 6.84. The lowest BCUT2D eigenvalue weighted by atomic mass is 9.96. The van der Waals surface area contributed by atoms with Crippen LogP contribution in [0.25, 0.3) is 0 Å².